The summed E-state index contributed by atoms with van der Waals surface area (Å²) >= 11 is 0. The van der Waals surface area contributed by atoms with Gasteiger partial charge in [-0.25, -0.2) is 0 Å². The van der Waals surface area contributed by atoms with Crippen molar-refractivity contribution in [3.05, 3.63) is 71.3 Å². The minimum Gasteiger partial charge on any atom is -0.377 e. The van der Waals surface area contributed by atoms with E-state index in [0.29, 0.717) is 12.5 Å². The van der Waals surface area contributed by atoms with Crippen LogP contribution in [0.15, 0.2) is 59.6 Å². The lowest BCUT2D eigenvalue weighted by atomic mass is 9.99. The maximum atomic E-state index is 5.59. The number of likely N-dealkylation sites (tertiary alicyclic amines) is 1. The minimum absolute atomic E-state index is 0. The SMILES string of the molecule is CCOCc1ccccc1CNC(=NC)N1CCC(c2ccccc2)C1.I. The molecule has 0 bridgehead atoms. The molecule has 1 aliphatic heterocycles. The molecule has 5 heteroatoms. The van der Waals surface area contributed by atoms with Crippen LogP contribution in [-0.2, 0) is 17.9 Å². The van der Waals surface area contributed by atoms with E-state index in [1.54, 1.807) is 0 Å². The Labute approximate surface area is 180 Å². The topological polar surface area (TPSA) is 36.9 Å². The molecule has 1 heterocycles. The highest BCUT2D eigenvalue weighted by atomic mass is 127. The van der Waals surface area contributed by atoms with E-state index in [9.17, 15) is 0 Å². The van der Waals surface area contributed by atoms with Crippen LogP contribution in [0.25, 0.3) is 0 Å². The van der Waals surface area contributed by atoms with Crippen molar-refractivity contribution in [3.8, 4) is 0 Å². The summed E-state index contributed by atoms with van der Waals surface area (Å²) in [6, 6.07) is 19.2. The molecule has 1 aliphatic rings. The number of hydrogen-bond donors (Lipinski definition) is 1. The highest BCUT2D eigenvalue weighted by Crippen LogP contribution is 2.26. The van der Waals surface area contributed by atoms with Gasteiger partial charge in [-0.05, 0) is 30.0 Å². The fourth-order valence-electron chi connectivity index (χ4n) is 3.54. The summed E-state index contributed by atoms with van der Waals surface area (Å²) in [5.41, 5.74) is 3.93. The zero-order chi connectivity index (χ0) is 18.2. The summed E-state index contributed by atoms with van der Waals surface area (Å²) in [7, 11) is 1.87. The molecule has 0 amide bonds. The normalized spacial score (nSPS) is 16.9. The van der Waals surface area contributed by atoms with Gasteiger partial charge >= 0.3 is 0 Å². The van der Waals surface area contributed by atoms with Gasteiger partial charge in [-0.15, -0.1) is 24.0 Å². The molecule has 1 saturated heterocycles. The maximum absolute atomic E-state index is 5.59. The molecule has 1 fully saturated rings. The predicted octanol–water partition coefficient (Wildman–Crippen LogP) is 4.41. The molecule has 4 nitrogen and oxygen atoms in total. The number of hydrogen-bond acceptors (Lipinski definition) is 2. The summed E-state index contributed by atoms with van der Waals surface area (Å²) in [5.74, 6) is 1.56. The van der Waals surface area contributed by atoms with Gasteiger partial charge < -0.3 is 15.0 Å². The maximum Gasteiger partial charge on any atom is 0.193 e. The number of halogens is 1. The van der Waals surface area contributed by atoms with Gasteiger partial charge in [0.1, 0.15) is 0 Å². The largest absolute Gasteiger partial charge is 0.377 e. The van der Waals surface area contributed by atoms with Crippen molar-refractivity contribution in [1.82, 2.24) is 10.2 Å². The lowest BCUT2D eigenvalue weighted by molar-refractivity contribution is 0.133. The second-order valence-electron chi connectivity index (χ2n) is 6.65. The number of rotatable bonds is 6. The molecule has 0 aromatic heterocycles. The Kier molecular flexibility index (Phi) is 9.07. The monoisotopic (exact) mass is 479 g/mol. The number of guanidine groups is 1. The summed E-state index contributed by atoms with van der Waals surface area (Å²) in [6.45, 7) is 6.25. The second-order valence-corrected chi connectivity index (χ2v) is 6.65. The number of benzene rings is 2. The van der Waals surface area contributed by atoms with Gasteiger partial charge in [0, 0.05) is 39.2 Å². The molecular weight excluding hydrogens is 449 g/mol. The summed E-state index contributed by atoms with van der Waals surface area (Å²) in [6.07, 6.45) is 1.17. The molecule has 2 aromatic rings. The zero-order valence-corrected chi connectivity index (χ0v) is 18.6. The van der Waals surface area contributed by atoms with Crippen molar-refractivity contribution in [1.29, 1.82) is 0 Å². The van der Waals surface area contributed by atoms with Gasteiger partial charge in [0.25, 0.3) is 0 Å². The molecule has 0 spiro atoms. The predicted molar refractivity (Wildman–Crippen MR) is 123 cm³/mol. The molecule has 0 radical (unpaired) electrons. The molecule has 27 heavy (non-hydrogen) atoms. The van der Waals surface area contributed by atoms with Crippen molar-refractivity contribution < 1.29 is 4.74 Å². The van der Waals surface area contributed by atoms with E-state index in [-0.39, 0.29) is 24.0 Å². The Morgan fingerprint density at radius 1 is 1.11 bits per heavy atom. The Balaban J connectivity index is 0.00000261. The third-order valence-corrected chi connectivity index (χ3v) is 4.99. The summed E-state index contributed by atoms with van der Waals surface area (Å²) in [5, 5.41) is 3.54. The first-order valence-corrected chi connectivity index (χ1v) is 9.47. The van der Waals surface area contributed by atoms with Crippen LogP contribution in [0.5, 0.6) is 0 Å². The van der Waals surface area contributed by atoms with Crippen LogP contribution in [0.4, 0.5) is 0 Å². The van der Waals surface area contributed by atoms with E-state index in [2.05, 4.69) is 69.8 Å². The summed E-state index contributed by atoms with van der Waals surface area (Å²) in [4.78, 5) is 6.87. The molecule has 1 unspecified atom stereocenters. The lowest BCUT2D eigenvalue weighted by Crippen LogP contribution is -2.39. The fraction of sp³-hybridized carbons (Fsp3) is 0.409. The summed E-state index contributed by atoms with van der Waals surface area (Å²) < 4.78 is 5.59. The van der Waals surface area contributed by atoms with Crippen molar-refractivity contribution in [2.75, 3.05) is 26.7 Å². The average Bonchev–Trinajstić information content (AvgIpc) is 3.18. The first kappa shape index (κ1) is 21.7. The van der Waals surface area contributed by atoms with Gasteiger partial charge in [0.2, 0.25) is 0 Å². The third kappa shape index (κ3) is 5.94. The van der Waals surface area contributed by atoms with E-state index < -0.39 is 0 Å². The first-order chi connectivity index (χ1) is 12.8. The number of ether oxygens (including phenoxy) is 1. The third-order valence-electron chi connectivity index (χ3n) is 4.99. The van der Waals surface area contributed by atoms with Crippen LogP contribution in [0, 0.1) is 0 Å². The minimum atomic E-state index is 0. The first-order valence-electron chi connectivity index (χ1n) is 9.47. The van der Waals surface area contributed by atoms with E-state index in [4.69, 9.17) is 4.74 Å². The standard InChI is InChI=1S/C22H29N3O.HI/c1-3-26-17-21-12-8-7-11-19(21)15-24-22(23-2)25-14-13-20(16-25)18-9-5-4-6-10-18;/h4-12,20H,3,13-17H2,1-2H3,(H,23,24);1H. The Morgan fingerprint density at radius 2 is 1.81 bits per heavy atom. The molecule has 0 saturated carbocycles. The van der Waals surface area contributed by atoms with Gasteiger partial charge in [0.15, 0.2) is 5.96 Å². The van der Waals surface area contributed by atoms with E-state index in [0.717, 1.165) is 32.2 Å². The lowest BCUT2D eigenvalue weighted by Gasteiger charge is -2.22. The molecule has 1 N–H and O–H groups in total. The van der Waals surface area contributed by atoms with Crippen LogP contribution in [0.1, 0.15) is 36.0 Å². The molecule has 2 aromatic carbocycles. The average molecular weight is 479 g/mol. The fourth-order valence-corrected chi connectivity index (χ4v) is 3.54. The Hall–Kier alpha value is -1.60. The second kappa shape index (κ2) is 11.3. The van der Waals surface area contributed by atoms with Crippen LogP contribution in [-0.4, -0.2) is 37.6 Å². The number of nitrogens with one attached hydrogen (secondary N) is 1. The Bertz CT molecular complexity index is 721. The van der Waals surface area contributed by atoms with Crippen molar-refractivity contribution in [3.63, 3.8) is 0 Å². The van der Waals surface area contributed by atoms with Gasteiger partial charge in [-0.2, -0.15) is 0 Å². The smallest absolute Gasteiger partial charge is 0.193 e. The van der Waals surface area contributed by atoms with E-state index >= 15 is 0 Å². The van der Waals surface area contributed by atoms with Crippen LogP contribution < -0.4 is 5.32 Å². The van der Waals surface area contributed by atoms with E-state index in [1.165, 1.54) is 23.1 Å². The molecule has 0 aliphatic carbocycles. The molecule has 146 valence electrons. The highest BCUT2D eigenvalue weighted by Gasteiger charge is 2.25. The molecule has 3 rings (SSSR count). The van der Waals surface area contributed by atoms with Crippen LogP contribution in [0.2, 0.25) is 0 Å². The highest BCUT2D eigenvalue weighted by molar-refractivity contribution is 14.0. The van der Waals surface area contributed by atoms with E-state index in [1.807, 2.05) is 14.0 Å². The molecule has 1 atom stereocenters. The van der Waals surface area contributed by atoms with Gasteiger partial charge in [-0.1, -0.05) is 54.6 Å². The number of nitrogens with zero attached hydrogens (tertiary/aromatic N) is 2. The Morgan fingerprint density at radius 3 is 2.52 bits per heavy atom. The van der Waals surface area contributed by atoms with Crippen molar-refractivity contribution in [2.24, 2.45) is 4.99 Å². The molecular formula is C22H30IN3O. The van der Waals surface area contributed by atoms with Crippen molar-refractivity contribution >= 4 is 29.9 Å². The quantitative estimate of drug-likeness (QED) is 0.379. The van der Waals surface area contributed by atoms with Crippen LogP contribution >= 0.6 is 24.0 Å². The zero-order valence-electron chi connectivity index (χ0n) is 16.2. The van der Waals surface area contributed by atoms with Gasteiger partial charge in [-0.3, -0.25) is 4.99 Å². The van der Waals surface area contributed by atoms with Gasteiger partial charge in [0.05, 0.1) is 6.61 Å². The van der Waals surface area contributed by atoms with Crippen LogP contribution in [0.3, 0.4) is 0 Å². The van der Waals surface area contributed by atoms with Crippen molar-refractivity contribution in [2.45, 2.75) is 32.4 Å². The number of aliphatic imine (C=N–C) groups is 1.